The maximum absolute atomic E-state index is 12.9. The van der Waals surface area contributed by atoms with Crippen LogP contribution in [0.2, 0.25) is 0 Å². The average molecular weight is 400 g/mol. The second kappa shape index (κ2) is 9.11. The zero-order valence-corrected chi connectivity index (χ0v) is 17.0. The molecule has 0 aliphatic carbocycles. The molecule has 1 aromatic carbocycles. The second-order valence-electron chi connectivity index (χ2n) is 7.41. The number of carbonyl (C=O) groups excluding carboxylic acids is 3. The van der Waals surface area contributed by atoms with Crippen LogP contribution < -0.4 is 5.32 Å². The number of piperidine rings is 1. The normalized spacial score (nSPS) is 18.0. The minimum atomic E-state index is -0.951. The van der Waals surface area contributed by atoms with E-state index in [0.717, 1.165) is 12.8 Å². The first-order valence-electron chi connectivity index (χ1n) is 10.2. The van der Waals surface area contributed by atoms with Gasteiger partial charge in [-0.1, -0.05) is 30.3 Å². The molecule has 7 heteroatoms. The van der Waals surface area contributed by atoms with Crippen LogP contribution in [-0.2, 0) is 25.5 Å². The van der Waals surface area contributed by atoms with E-state index in [1.807, 2.05) is 18.2 Å². The molecule has 156 valence electrons. The molecule has 2 heterocycles. The molecule has 0 atom stereocenters. The number of hydrogen-bond donors (Lipinski definition) is 1. The van der Waals surface area contributed by atoms with Gasteiger partial charge in [0.25, 0.3) is 5.91 Å². The maximum atomic E-state index is 12.9. The highest BCUT2D eigenvalue weighted by atomic mass is 16.6. The molecular weight excluding hydrogens is 372 g/mol. The van der Waals surface area contributed by atoms with Crippen LogP contribution in [0.4, 0.5) is 4.79 Å². The van der Waals surface area contributed by atoms with Crippen molar-refractivity contribution in [3.63, 3.8) is 0 Å². The zero-order valence-electron chi connectivity index (χ0n) is 17.0. The second-order valence-corrected chi connectivity index (χ2v) is 7.41. The molecule has 3 rings (SSSR count). The summed E-state index contributed by atoms with van der Waals surface area (Å²) in [6.45, 7) is 4.98. The van der Waals surface area contributed by atoms with Gasteiger partial charge in [-0.25, -0.2) is 9.59 Å². The van der Waals surface area contributed by atoms with Gasteiger partial charge >= 0.3 is 12.1 Å². The Hall–Kier alpha value is -2.83. The summed E-state index contributed by atoms with van der Waals surface area (Å²) in [5.74, 6) is -0.713. The Morgan fingerprint density at radius 3 is 2.55 bits per heavy atom. The van der Waals surface area contributed by atoms with Crippen LogP contribution in [0.25, 0.3) is 0 Å². The van der Waals surface area contributed by atoms with Crippen molar-refractivity contribution in [2.24, 2.45) is 0 Å². The molecule has 29 heavy (non-hydrogen) atoms. The Labute approximate surface area is 171 Å². The van der Waals surface area contributed by atoms with Gasteiger partial charge in [-0.15, -0.1) is 0 Å². The summed E-state index contributed by atoms with van der Waals surface area (Å²) in [5, 5.41) is 2.94. The van der Waals surface area contributed by atoms with Crippen molar-refractivity contribution in [3.05, 3.63) is 47.0 Å². The number of amides is 2. The number of nitrogens with one attached hydrogen (secondary N) is 1. The minimum absolute atomic E-state index is 0.258. The monoisotopic (exact) mass is 400 g/mol. The number of hydrogen-bond acceptors (Lipinski definition) is 5. The summed E-state index contributed by atoms with van der Waals surface area (Å²) in [6, 6.07) is 10.1. The Morgan fingerprint density at radius 1 is 1.21 bits per heavy atom. The lowest BCUT2D eigenvalue weighted by Gasteiger charge is -2.38. The predicted octanol–water partition coefficient (Wildman–Crippen LogP) is 2.60. The van der Waals surface area contributed by atoms with Gasteiger partial charge in [-0.3, -0.25) is 4.79 Å². The fourth-order valence-corrected chi connectivity index (χ4v) is 3.97. The third-order valence-corrected chi connectivity index (χ3v) is 5.52. The van der Waals surface area contributed by atoms with Crippen molar-refractivity contribution in [3.8, 4) is 0 Å². The van der Waals surface area contributed by atoms with E-state index in [4.69, 9.17) is 9.47 Å². The van der Waals surface area contributed by atoms with E-state index in [1.165, 1.54) is 5.56 Å². The molecule has 1 aromatic rings. The number of likely N-dealkylation sites (tertiary alicyclic amines) is 1. The van der Waals surface area contributed by atoms with Crippen molar-refractivity contribution in [1.29, 1.82) is 0 Å². The van der Waals surface area contributed by atoms with Crippen LogP contribution >= 0.6 is 0 Å². The van der Waals surface area contributed by atoms with Crippen molar-refractivity contribution in [2.75, 3.05) is 26.2 Å². The highest BCUT2D eigenvalue weighted by Crippen LogP contribution is 2.41. The van der Waals surface area contributed by atoms with Gasteiger partial charge in [0, 0.05) is 38.0 Å². The molecule has 2 aliphatic rings. The van der Waals surface area contributed by atoms with Gasteiger partial charge in [0.15, 0.2) is 0 Å². The van der Waals surface area contributed by atoms with Crippen molar-refractivity contribution in [2.45, 2.75) is 45.1 Å². The van der Waals surface area contributed by atoms with Gasteiger partial charge in [-0.05, 0) is 32.3 Å². The molecular formula is C22H28N2O5. The third kappa shape index (κ3) is 4.60. The Bertz CT molecular complexity index is 795. The summed E-state index contributed by atoms with van der Waals surface area (Å²) >= 11 is 0. The first kappa shape index (κ1) is 20.9. The quantitative estimate of drug-likeness (QED) is 0.586. The highest BCUT2D eigenvalue weighted by molar-refractivity contribution is 6.07. The molecule has 0 unspecified atom stereocenters. The van der Waals surface area contributed by atoms with Crippen LogP contribution in [0, 0.1) is 0 Å². The fraction of sp³-hybridized carbons (Fsp3) is 0.500. The van der Waals surface area contributed by atoms with E-state index in [-0.39, 0.29) is 12.0 Å². The van der Waals surface area contributed by atoms with Gasteiger partial charge in [0.2, 0.25) is 0 Å². The number of aryl methyl sites for hydroxylation is 1. The summed E-state index contributed by atoms with van der Waals surface area (Å²) in [4.78, 5) is 38.7. The van der Waals surface area contributed by atoms with E-state index in [2.05, 4.69) is 17.4 Å². The molecule has 0 aromatic heterocycles. The summed E-state index contributed by atoms with van der Waals surface area (Å²) in [5.41, 5.74) is 1.04. The summed E-state index contributed by atoms with van der Waals surface area (Å²) in [6.07, 6.45) is 2.08. The lowest BCUT2D eigenvalue weighted by atomic mass is 9.83. The van der Waals surface area contributed by atoms with Gasteiger partial charge in [-0.2, -0.15) is 0 Å². The molecule has 2 amide bonds. The first-order chi connectivity index (χ1) is 14.0. The van der Waals surface area contributed by atoms with E-state index in [1.54, 1.807) is 18.7 Å². The first-order valence-corrected chi connectivity index (χ1v) is 10.2. The summed E-state index contributed by atoms with van der Waals surface area (Å²) < 4.78 is 10.7. The Balaban J connectivity index is 1.59. The summed E-state index contributed by atoms with van der Waals surface area (Å²) in [7, 11) is 0. The molecule has 7 nitrogen and oxygen atoms in total. The van der Waals surface area contributed by atoms with Gasteiger partial charge < -0.3 is 19.7 Å². The number of rotatable bonds is 6. The van der Waals surface area contributed by atoms with E-state index in [0.29, 0.717) is 50.2 Å². The molecule has 2 aliphatic heterocycles. The SMILES string of the molecule is CCOC(=O)N1CCC2(CC1)OC(=O)C(C)=C2C(=O)NCCCc1ccccc1. The number of ether oxygens (including phenoxy) is 2. The van der Waals surface area contributed by atoms with Crippen LogP contribution in [0.5, 0.6) is 0 Å². The number of carbonyl (C=O) groups is 3. The van der Waals surface area contributed by atoms with Crippen LogP contribution in [0.1, 0.15) is 38.7 Å². The molecule has 1 fully saturated rings. The third-order valence-electron chi connectivity index (χ3n) is 5.52. The largest absolute Gasteiger partial charge is 0.450 e. The number of benzene rings is 1. The predicted molar refractivity (Wildman–Crippen MR) is 107 cm³/mol. The molecule has 0 radical (unpaired) electrons. The molecule has 1 N–H and O–H groups in total. The van der Waals surface area contributed by atoms with Gasteiger partial charge in [0.1, 0.15) is 5.60 Å². The van der Waals surface area contributed by atoms with Crippen molar-refractivity contribution >= 4 is 18.0 Å². The standard InChI is InChI=1S/C22H28N2O5/c1-3-28-21(27)24-14-11-22(12-15-24)18(16(2)20(26)29-22)19(25)23-13-7-10-17-8-5-4-6-9-17/h4-6,8-9H,3,7,10-15H2,1-2H3,(H,23,25). The van der Waals surface area contributed by atoms with Crippen molar-refractivity contribution < 1.29 is 23.9 Å². The van der Waals surface area contributed by atoms with Gasteiger partial charge in [0.05, 0.1) is 12.2 Å². The maximum Gasteiger partial charge on any atom is 0.409 e. The minimum Gasteiger partial charge on any atom is -0.450 e. The van der Waals surface area contributed by atoms with Crippen LogP contribution in [0.3, 0.4) is 0 Å². The van der Waals surface area contributed by atoms with Crippen molar-refractivity contribution in [1.82, 2.24) is 10.2 Å². The Morgan fingerprint density at radius 2 is 1.90 bits per heavy atom. The lowest BCUT2D eigenvalue weighted by Crippen LogP contribution is -2.50. The highest BCUT2D eigenvalue weighted by Gasteiger charge is 2.51. The lowest BCUT2D eigenvalue weighted by molar-refractivity contribution is -0.150. The van der Waals surface area contributed by atoms with Crippen LogP contribution in [0.15, 0.2) is 41.5 Å². The smallest absolute Gasteiger partial charge is 0.409 e. The molecule has 1 saturated heterocycles. The van der Waals surface area contributed by atoms with Crippen LogP contribution in [-0.4, -0.2) is 54.7 Å². The Kier molecular flexibility index (Phi) is 6.56. The fourth-order valence-electron chi connectivity index (χ4n) is 3.97. The van der Waals surface area contributed by atoms with E-state index >= 15 is 0 Å². The topological polar surface area (TPSA) is 84.9 Å². The molecule has 1 spiro atoms. The number of esters is 1. The average Bonchev–Trinajstić information content (AvgIpc) is 2.96. The van der Waals surface area contributed by atoms with E-state index < -0.39 is 11.6 Å². The zero-order chi connectivity index (χ0) is 20.9. The number of nitrogens with zero attached hydrogens (tertiary/aromatic N) is 1. The molecule has 0 bridgehead atoms. The molecule has 0 saturated carbocycles. The van der Waals surface area contributed by atoms with E-state index in [9.17, 15) is 14.4 Å².